The van der Waals surface area contributed by atoms with Crippen LogP contribution in [0, 0.1) is 0 Å². The molecular formula is C14H19NO2. The van der Waals surface area contributed by atoms with Gasteiger partial charge in [0, 0.05) is 11.1 Å². The molecule has 2 rings (SSSR count). The molecule has 0 saturated carbocycles. The van der Waals surface area contributed by atoms with Gasteiger partial charge in [-0.05, 0) is 30.4 Å². The molecule has 0 saturated heterocycles. The van der Waals surface area contributed by atoms with Crippen LogP contribution in [0.1, 0.15) is 67.3 Å². The van der Waals surface area contributed by atoms with E-state index in [4.69, 9.17) is 0 Å². The topological polar surface area (TPSA) is 50.2 Å². The Morgan fingerprint density at radius 3 is 2.65 bits per heavy atom. The first-order valence-electron chi connectivity index (χ1n) is 6.08. The predicted octanol–water partition coefficient (Wildman–Crippen LogP) is 3.13. The molecule has 1 N–H and O–H groups in total. The number of aromatic nitrogens is 1. The summed E-state index contributed by atoms with van der Waals surface area (Å²) < 4.78 is 0. The summed E-state index contributed by atoms with van der Waals surface area (Å²) in [6, 6.07) is 1.83. The third-order valence-corrected chi connectivity index (χ3v) is 3.39. The smallest absolute Gasteiger partial charge is 0.337 e. The van der Waals surface area contributed by atoms with Crippen LogP contribution >= 0.6 is 0 Å². The number of aryl methyl sites for hydroxylation is 1. The molecule has 0 spiro atoms. The van der Waals surface area contributed by atoms with Crippen LogP contribution in [0.3, 0.4) is 0 Å². The lowest BCUT2D eigenvalue weighted by Crippen LogP contribution is -2.20. The number of rotatable bonds is 1. The maximum absolute atomic E-state index is 11.3. The number of carboxylic acid groups (broad SMARTS) is 1. The third kappa shape index (κ3) is 2.06. The zero-order valence-corrected chi connectivity index (χ0v) is 10.9. The van der Waals surface area contributed by atoms with E-state index in [9.17, 15) is 9.90 Å². The van der Waals surface area contributed by atoms with Gasteiger partial charge in [-0.2, -0.15) is 0 Å². The molecule has 17 heavy (non-hydrogen) atoms. The fraction of sp³-hybridized carbons (Fsp3) is 0.571. The van der Waals surface area contributed by atoms with Crippen molar-refractivity contribution >= 4 is 5.97 Å². The molecule has 0 fully saturated rings. The van der Waals surface area contributed by atoms with Crippen LogP contribution in [-0.2, 0) is 11.8 Å². The van der Waals surface area contributed by atoms with Gasteiger partial charge < -0.3 is 5.11 Å². The van der Waals surface area contributed by atoms with Gasteiger partial charge in [0.25, 0.3) is 0 Å². The second-order valence-electron chi connectivity index (χ2n) is 5.92. The van der Waals surface area contributed by atoms with E-state index < -0.39 is 5.97 Å². The normalized spacial score (nSPS) is 19.2. The summed E-state index contributed by atoms with van der Waals surface area (Å²) in [5.41, 5.74) is 3.05. The Labute approximate surface area is 102 Å². The monoisotopic (exact) mass is 233 g/mol. The van der Waals surface area contributed by atoms with E-state index in [1.54, 1.807) is 0 Å². The number of pyridine rings is 1. The van der Waals surface area contributed by atoms with Gasteiger partial charge in [0.2, 0.25) is 0 Å². The number of fused-ring (bicyclic) bond motifs is 1. The molecule has 1 aromatic rings. The van der Waals surface area contributed by atoms with Gasteiger partial charge in [0.15, 0.2) is 0 Å². The molecule has 1 aliphatic rings. The first kappa shape index (κ1) is 12.1. The Morgan fingerprint density at radius 2 is 2.12 bits per heavy atom. The Hall–Kier alpha value is -1.38. The molecule has 1 aromatic heterocycles. The fourth-order valence-electron chi connectivity index (χ4n) is 2.44. The van der Waals surface area contributed by atoms with Crippen LogP contribution in [0.5, 0.6) is 0 Å². The average Bonchev–Trinajstić information content (AvgIpc) is 2.57. The Morgan fingerprint density at radius 1 is 1.47 bits per heavy atom. The highest BCUT2D eigenvalue weighted by atomic mass is 16.4. The maximum atomic E-state index is 11.3. The molecule has 0 aliphatic heterocycles. The largest absolute Gasteiger partial charge is 0.478 e. The minimum absolute atomic E-state index is 0.231. The van der Waals surface area contributed by atoms with E-state index in [0.29, 0.717) is 17.2 Å². The van der Waals surface area contributed by atoms with Crippen LogP contribution in [0.4, 0.5) is 0 Å². The van der Waals surface area contributed by atoms with Crippen molar-refractivity contribution in [1.29, 1.82) is 0 Å². The van der Waals surface area contributed by atoms with Crippen LogP contribution in [0.25, 0.3) is 0 Å². The standard InChI is InChI=1S/C14H19NO2/c1-8-5-6-9-7-10(13(16)17)12(14(2,3)4)15-11(8)9/h7-8H,5-6H2,1-4H3,(H,16,17). The lowest BCUT2D eigenvalue weighted by atomic mass is 9.87. The highest BCUT2D eigenvalue weighted by Crippen LogP contribution is 2.35. The van der Waals surface area contributed by atoms with Crippen LogP contribution in [0.15, 0.2) is 6.07 Å². The number of aromatic carboxylic acids is 1. The van der Waals surface area contributed by atoms with Gasteiger partial charge in [-0.3, -0.25) is 4.98 Å². The van der Waals surface area contributed by atoms with Crippen molar-refractivity contribution in [3.8, 4) is 0 Å². The summed E-state index contributed by atoms with van der Waals surface area (Å²) in [5.74, 6) is -0.418. The molecule has 1 aliphatic carbocycles. The third-order valence-electron chi connectivity index (χ3n) is 3.39. The van der Waals surface area contributed by atoms with Crippen molar-refractivity contribution in [3.05, 3.63) is 28.6 Å². The number of carbonyl (C=O) groups is 1. The number of hydrogen-bond acceptors (Lipinski definition) is 2. The van der Waals surface area contributed by atoms with Crippen molar-refractivity contribution in [2.75, 3.05) is 0 Å². The predicted molar refractivity (Wildman–Crippen MR) is 66.6 cm³/mol. The highest BCUT2D eigenvalue weighted by Gasteiger charge is 2.29. The number of hydrogen-bond donors (Lipinski definition) is 1. The van der Waals surface area contributed by atoms with Crippen molar-refractivity contribution < 1.29 is 9.90 Å². The number of nitrogens with zero attached hydrogens (tertiary/aromatic N) is 1. The fourth-order valence-corrected chi connectivity index (χ4v) is 2.44. The second kappa shape index (κ2) is 3.83. The molecule has 1 atom stereocenters. The molecule has 1 heterocycles. The first-order valence-corrected chi connectivity index (χ1v) is 6.08. The summed E-state index contributed by atoms with van der Waals surface area (Å²) in [4.78, 5) is 16.0. The minimum Gasteiger partial charge on any atom is -0.478 e. The van der Waals surface area contributed by atoms with Gasteiger partial charge >= 0.3 is 5.97 Å². The molecule has 3 heteroatoms. The lowest BCUT2D eigenvalue weighted by molar-refractivity contribution is 0.0693. The lowest BCUT2D eigenvalue weighted by Gasteiger charge is -2.21. The average molecular weight is 233 g/mol. The van der Waals surface area contributed by atoms with Crippen molar-refractivity contribution in [1.82, 2.24) is 4.98 Å². The van der Waals surface area contributed by atoms with Crippen molar-refractivity contribution in [2.45, 2.75) is 51.9 Å². The number of carboxylic acids is 1. The Kier molecular flexibility index (Phi) is 2.72. The first-order chi connectivity index (χ1) is 7.80. The van der Waals surface area contributed by atoms with Crippen LogP contribution in [-0.4, -0.2) is 16.1 Å². The van der Waals surface area contributed by atoms with Gasteiger partial charge in [-0.1, -0.05) is 27.7 Å². The van der Waals surface area contributed by atoms with E-state index in [0.717, 1.165) is 24.1 Å². The molecule has 1 unspecified atom stereocenters. The molecule has 92 valence electrons. The van der Waals surface area contributed by atoms with Crippen molar-refractivity contribution in [3.63, 3.8) is 0 Å². The zero-order valence-electron chi connectivity index (χ0n) is 10.9. The quantitative estimate of drug-likeness (QED) is 0.810. The summed E-state index contributed by atoms with van der Waals surface area (Å²) in [6.07, 6.45) is 2.03. The van der Waals surface area contributed by atoms with E-state index in [-0.39, 0.29) is 5.41 Å². The Balaban J connectivity index is 2.65. The van der Waals surface area contributed by atoms with E-state index >= 15 is 0 Å². The van der Waals surface area contributed by atoms with Crippen molar-refractivity contribution in [2.24, 2.45) is 0 Å². The Bertz CT molecular complexity index is 472. The van der Waals surface area contributed by atoms with Crippen LogP contribution in [0.2, 0.25) is 0 Å². The molecule has 0 bridgehead atoms. The van der Waals surface area contributed by atoms with Gasteiger partial charge in [-0.25, -0.2) is 4.79 Å². The van der Waals surface area contributed by atoms with Crippen LogP contribution < -0.4 is 0 Å². The van der Waals surface area contributed by atoms with E-state index in [1.165, 1.54) is 0 Å². The van der Waals surface area contributed by atoms with Gasteiger partial charge in [0.05, 0.1) is 11.3 Å². The molecule has 0 amide bonds. The van der Waals surface area contributed by atoms with Gasteiger partial charge in [0.1, 0.15) is 0 Å². The van der Waals surface area contributed by atoms with Gasteiger partial charge in [-0.15, -0.1) is 0 Å². The zero-order chi connectivity index (χ0) is 12.8. The summed E-state index contributed by atoms with van der Waals surface area (Å²) in [5, 5.41) is 9.29. The summed E-state index contributed by atoms with van der Waals surface area (Å²) >= 11 is 0. The maximum Gasteiger partial charge on any atom is 0.337 e. The molecule has 0 radical (unpaired) electrons. The molecule has 3 nitrogen and oxygen atoms in total. The molecular weight excluding hydrogens is 214 g/mol. The second-order valence-corrected chi connectivity index (χ2v) is 5.92. The van der Waals surface area contributed by atoms with E-state index in [2.05, 4.69) is 11.9 Å². The minimum atomic E-state index is -0.871. The summed E-state index contributed by atoms with van der Waals surface area (Å²) in [6.45, 7) is 8.18. The van der Waals surface area contributed by atoms with E-state index in [1.807, 2.05) is 26.8 Å². The molecule has 0 aromatic carbocycles. The summed E-state index contributed by atoms with van der Waals surface area (Å²) in [7, 11) is 0. The highest BCUT2D eigenvalue weighted by molar-refractivity contribution is 5.89. The SMILES string of the molecule is CC1CCc2cc(C(=O)O)c(C(C)(C)C)nc21.